The van der Waals surface area contributed by atoms with Gasteiger partial charge in [0.25, 0.3) is 0 Å². The monoisotopic (exact) mass is 268 g/mol. The van der Waals surface area contributed by atoms with Crippen LogP contribution < -0.4 is 0 Å². The van der Waals surface area contributed by atoms with Crippen LogP contribution in [0.25, 0.3) is 0 Å². The molecule has 0 N–H and O–H groups in total. The Morgan fingerprint density at radius 3 is 2.47 bits per heavy atom. The van der Waals surface area contributed by atoms with Gasteiger partial charge in [0.05, 0.1) is 0 Å². The lowest BCUT2D eigenvalue weighted by atomic mass is 10.0. The summed E-state index contributed by atoms with van der Waals surface area (Å²) >= 11 is 3.61. The van der Waals surface area contributed by atoms with Crippen molar-refractivity contribution in [3.8, 4) is 0 Å². The fourth-order valence-corrected chi connectivity index (χ4v) is 2.27. The molecule has 0 unspecified atom stereocenters. The van der Waals surface area contributed by atoms with Crippen LogP contribution in [0.4, 0.5) is 0 Å². The SMILES string of the molecule is CCCCCc1ccc(Br)c(CCC)c1. The molecule has 0 spiro atoms. The molecule has 0 radical (unpaired) electrons. The predicted molar refractivity (Wildman–Crippen MR) is 71.4 cm³/mol. The maximum absolute atomic E-state index is 3.61. The van der Waals surface area contributed by atoms with Gasteiger partial charge in [-0.25, -0.2) is 0 Å². The topological polar surface area (TPSA) is 0 Å². The molecule has 0 saturated carbocycles. The summed E-state index contributed by atoms with van der Waals surface area (Å²) in [6, 6.07) is 6.81. The predicted octanol–water partition coefficient (Wildman–Crippen LogP) is 5.13. The molecule has 1 heteroatoms. The third kappa shape index (κ3) is 4.38. The summed E-state index contributed by atoms with van der Waals surface area (Å²) in [7, 11) is 0. The van der Waals surface area contributed by atoms with Crippen molar-refractivity contribution < 1.29 is 0 Å². The highest BCUT2D eigenvalue weighted by Gasteiger charge is 2.00. The summed E-state index contributed by atoms with van der Waals surface area (Å²) in [5, 5.41) is 0. The van der Waals surface area contributed by atoms with Crippen molar-refractivity contribution >= 4 is 15.9 Å². The van der Waals surface area contributed by atoms with E-state index in [0.717, 1.165) is 0 Å². The van der Waals surface area contributed by atoms with E-state index in [9.17, 15) is 0 Å². The summed E-state index contributed by atoms with van der Waals surface area (Å²) < 4.78 is 1.27. The smallest absolute Gasteiger partial charge is 0.0207 e. The second-order valence-corrected chi connectivity index (χ2v) is 4.99. The van der Waals surface area contributed by atoms with E-state index < -0.39 is 0 Å². The van der Waals surface area contributed by atoms with Crippen LogP contribution in [0.3, 0.4) is 0 Å². The molecule has 0 aromatic heterocycles. The Hall–Kier alpha value is -0.300. The normalized spacial score (nSPS) is 10.6. The van der Waals surface area contributed by atoms with Gasteiger partial charge in [-0.15, -0.1) is 0 Å². The van der Waals surface area contributed by atoms with Gasteiger partial charge in [-0.05, 0) is 36.5 Å². The number of unbranched alkanes of at least 4 members (excludes halogenated alkanes) is 2. The first kappa shape index (κ1) is 12.8. The second kappa shape index (κ2) is 7.05. The van der Waals surface area contributed by atoms with Crippen molar-refractivity contribution in [1.29, 1.82) is 0 Å². The van der Waals surface area contributed by atoms with E-state index in [1.54, 1.807) is 0 Å². The lowest BCUT2D eigenvalue weighted by molar-refractivity contribution is 0.716. The van der Waals surface area contributed by atoms with E-state index in [2.05, 4.69) is 48.0 Å². The summed E-state index contributed by atoms with van der Waals surface area (Å²) in [5.74, 6) is 0. The Morgan fingerprint density at radius 1 is 1.00 bits per heavy atom. The van der Waals surface area contributed by atoms with Crippen LogP contribution >= 0.6 is 15.9 Å². The fourth-order valence-electron chi connectivity index (χ4n) is 1.82. The minimum Gasteiger partial charge on any atom is -0.0654 e. The number of halogens is 1. The standard InChI is InChI=1S/C14H21Br/c1-3-5-6-8-12-9-10-14(15)13(11-12)7-4-2/h9-11H,3-8H2,1-2H3. The first-order valence-corrected chi connectivity index (χ1v) is 6.84. The molecule has 0 nitrogen and oxygen atoms in total. The quantitative estimate of drug-likeness (QED) is 0.628. The first-order valence-electron chi connectivity index (χ1n) is 6.05. The van der Waals surface area contributed by atoms with Crippen molar-refractivity contribution in [3.05, 3.63) is 33.8 Å². The van der Waals surface area contributed by atoms with E-state index in [4.69, 9.17) is 0 Å². The van der Waals surface area contributed by atoms with E-state index >= 15 is 0 Å². The van der Waals surface area contributed by atoms with Crippen LogP contribution in [0.2, 0.25) is 0 Å². The molecule has 0 saturated heterocycles. The maximum atomic E-state index is 3.61. The molecular formula is C14H21Br. The van der Waals surface area contributed by atoms with Gasteiger partial charge in [-0.2, -0.15) is 0 Å². The summed E-state index contributed by atoms with van der Waals surface area (Å²) in [6.07, 6.45) is 7.61. The van der Waals surface area contributed by atoms with Crippen LogP contribution in [-0.2, 0) is 12.8 Å². The highest BCUT2D eigenvalue weighted by Crippen LogP contribution is 2.20. The minimum absolute atomic E-state index is 1.18. The van der Waals surface area contributed by atoms with Gasteiger partial charge in [0.1, 0.15) is 0 Å². The molecule has 0 aliphatic carbocycles. The number of hydrogen-bond donors (Lipinski definition) is 0. The van der Waals surface area contributed by atoms with Crippen molar-refractivity contribution in [1.82, 2.24) is 0 Å². The third-order valence-corrected chi connectivity index (χ3v) is 3.47. The van der Waals surface area contributed by atoms with Crippen molar-refractivity contribution in [2.24, 2.45) is 0 Å². The average molecular weight is 269 g/mol. The first-order chi connectivity index (χ1) is 7.27. The molecule has 1 rings (SSSR count). The largest absolute Gasteiger partial charge is 0.0654 e. The molecule has 0 fully saturated rings. The van der Waals surface area contributed by atoms with Crippen molar-refractivity contribution in [2.45, 2.75) is 52.4 Å². The highest BCUT2D eigenvalue weighted by atomic mass is 79.9. The summed E-state index contributed by atoms with van der Waals surface area (Å²) in [5.41, 5.74) is 2.96. The Morgan fingerprint density at radius 2 is 1.80 bits per heavy atom. The van der Waals surface area contributed by atoms with E-state index in [-0.39, 0.29) is 0 Å². The zero-order valence-corrected chi connectivity index (χ0v) is 11.4. The molecule has 0 aliphatic heterocycles. The molecule has 0 aliphatic rings. The summed E-state index contributed by atoms with van der Waals surface area (Å²) in [4.78, 5) is 0. The van der Waals surface area contributed by atoms with E-state index in [1.807, 2.05) is 0 Å². The number of aryl methyl sites for hydroxylation is 2. The third-order valence-electron chi connectivity index (χ3n) is 2.70. The van der Waals surface area contributed by atoms with Gasteiger partial charge in [0.2, 0.25) is 0 Å². The lowest BCUT2D eigenvalue weighted by Gasteiger charge is -2.06. The molecule has 0 heterocycles. The fraction of sp³-hybridized carbons (Fsp3) is 0.571. The van der Waals surface area contributed by atoms with Crippen molar-refractivity contribution in [2.75, 3.05) is 0 Å². The van der Waals surface area contributed by atoms with Gasteiger partial charge in [-0.1, -0.05) is 61.2 Å². The lowest BCUT2D eigenvalue weighted by Crippen LogP contribution is -1.91. The zero-order chi connectivity index (χ0) is 11.1. The van der Waals surface area contributed by atoms with Gasteiger partial charge < -0.3 is 0 Å². The second-order valence-electron chi connectivity index (χ2n) is 4.13. The highest BCUT2D eigenvalue weighted by molar-refractivity contribution is 9.10. The van der Waals surface area contributed by atoms with E-state index in [0.29, 0.717) is 0 Å². The Kier molecular flexibility index (Phi) is 6.00. The minimum atomic E-state index is 1.18. The van der Waals surface area contributed by atoms with Crippen LogP contribution in [0.15, 0.2) is 22.7 Å². The Labute approximate surface area is 102 Å². The molecule has 1 aromatic rings. The molecule has 15 heavy (non-hydrogen) atoms. The number of hydrogen-bond acceptors (Lipinski definition) is 0. The zero-order valence-electron chi connectivity index (χ0n) is 9.85. The van der Waals surface area contributed by atoms with Crippen LogP contribution in [0.5, 0.6) is 0 Å². The summed E-state index contributed by atoms with van der Waals surface area (Å²) in [6.45, 7) is 4.49. The molecule has 0 bridgehead atoms. The van der Waals surface area contributed by atoms with Crippen molar-refractivity contribution in [3.63, 3.8) is 0 Å². The van der Waals surface area contributed by atoms with Gasteiger partial charge in [0, 0.05) is 4.47 Å². The van der Waals surface area contributed by atoms with Crippen LogP contribution in [-0.4, -0.2) is 0 Å². The number of rotatable bonds is 6. The Balaban J connectivity index is 2.61. The number of benzene rings is 1. The maximum Gasteiger partial charge on any atom is 0.0207 e. The van der Waals surface area contributed by atoms with Crippen LogP contribution in [0, 0.1) is 0 Å². The molecule has 84 valence electrons. The molecule has 1 aromatic carbocycles. The van der Waals surface area contributed by atoms with E-state index in [1.165, 1.54) is 54.1 Å². The molecule has 0 amide bonds. The Bertz CT molecular complexity index is 291. The average Bonchev–Trinajstić information content (AvgIpc) is 2.23. The van der Waals surface area contributed by atoms with Gasteiger partial charge >= 0.3 is 0 Å². The van der Waals surface area contributed by atoms with Gasteiger partial charge in [-0.3, -0.25) is 0 Å². The molecular weight excluding hydrogens is 248 g/mol. The van der Waals surface area contributed by atoms with Gasteiger partial charge in [0.15, 0.2) is 0 Å². The van der Waals surface area contributed by atoms with Crippen LogP contribution in [0.1, 0.15) is 50.7 Å². The molecule has 0 atom stereocenters.